The minimum atomic E-state index is 0.789. The van der Waals surface area contributed by atoms with Gasteiger partial charge in [-0.1, -0.05) is 34.5 Å². The second kappa shape index (κ2) is 6.71. The number of rotatable bonds is 5. The summed E-state index contributed by atoms with van der Waals surface area (Å²) in [6.45, 7) is 3.87. The maximum Gasteiger partial charge on any atom is 0.0451 e. The van der Waals surface area contributed by atoms with Gasteiger partial charge in [-0.3, -0.25) is 0 Å². The molecule has 0 atom stereocenters. The summed E-state index contributed by atoms with van der Waals surface area (Å²) in [4.78, 5) is 2.81. The Labute approximate surface area is 125 Å². The van der Waals surface area contributed by atoms with Crippen molar-refractivity contribution in [3.63, 3.8) is 0 Å². The fourth-order valence-corrected chi connectivity index (χ4v) is 3.23. The lowest BCUT2D eigenvalue weighted by molar-refractivity contribution is 0.701. The number of hydrogen-bond acceptors (Lipinski definition) is 2. The first-order chi connectivity index (χ1) is 8.69. The van der Waals surface area contributed by atoms with Crippen molar-refractivity contribution in [3.8, 4) is 0 Å². The van der Waals surface area contributed by atoms with Crippen molar-refractivity contribution in [2.45, 2.75) is 26.4 Å². The molecule has 1 N–H and O–H groups in total. The predicted molar refractivity (Wildman–Crippen MR) is 83.4 cm³/mol. The molecule has 0 fully saturated rings. The molecule has 96 valence electrons. The van der Waals surface area contributed by atoms with E-state index in [9.17, 15) is 0 Å². The van der Waals surface area contributed by atoms with Gasteiger partial charge in [0, 0.05) is 32.3 Å². The predicted octanol–water partition coefficient (Wildman–Crippen LogP) is 5.02. The largest absolute Gasteiger partial charge is 0.308 e. The number of thiophene rings is 1. The summed E-state index contributed by atoms with van der Waals surface area (Å²) >= 11 is 11.5. The molecule has 1 heterocycles. The Morgan fingerprint density at radius 2 is 1.94 bits per heavy atom. The van der Waals surface area contributed by atoms with Gasteiger partial charge in [0.2, 0.25) is 0 Å². The normalized spacial score (nSPS) is 10.8. The molecule has 2 rings (SSSR count). The number of nitrogens with one attached hydrogen (secondary N) is 1. The topological polar surface area (TPSA) is 12.0 Å². The molecule has 2 aromatic rings. The van der Waals surface area contributed by atoms with Crippen LogP contribution in [0.4, 0.5) is 0 Å². The Kier molecular flexibility index (Phi) is 5.25. The first kappa shape index (κ1) is 14.1. The van der Waals surface area contributed by atoms with Crippen LogP contribution in [0.1, 0.15) is 22.2 Å². The van der Waals surface area contributed by atoms with Crippen LogP contribution in [-0.4, -0.2) is 0 Å². The zero-order valence-electron chi connectivity index (χ0n) is 10.2. The second-order valence-corrected chi connectivity index (χ2v) is 6.64. The molecule has 4 heteroatoms. The molecular weight excluding hydrogens is 330 g/mol. The molecule has 0 aliphatic heterocycles. The van der Waals surface area contributed by atoms with Gasteiger partial charge in [-0.15, -0.1) is 11.3 Å². The van der Waals surface area contributed by atoms with Crippen LogP contribution >= 0.6 is 38.9 Å². The van der Waals surface area contributed by atoms with E-state index >= 15 is 0 Å². The SMILES string of the molecule is CCc1ccc(CNCc2cc(Br)ccc2Cl)s1. The van der Waals surface area contributed by atoms with Gasteiger partial charge >= 0.3 is 0 Å². The minimum absolute atomic E-state index is 0.789. The van der Waals surface area contributed by atoms with Gasteiger partial charge in [0.15, 0.2) is 0 Å². The number of halogens is 2. The lowest BCUT2D eigenvalue weighted by Crippen LogP contribution is -2.12. The highest BCUT2D eigenvalue weighted by Crippen LogP contribution is 2.21. The highest BCUT2D eigenvalue weighted by atomic mass is 79.9. The third-order valence-electron chi connectivity index (χ3n) is 2.69. The van der Waals surface area contributed by atoms with E-state index in [0.29, 0.717) is 0 Å². The summed E-state index contributed by atoms with van der Waals surface area (Å²) in [6, 6.07) is 10.3. The fraction of sp³-hybridized carbons (Fsp3) is 0.286. The minimum Gasteiger partial charge on any atom is -0.308 e. The first-order valence-corrected chi connectivity index (χ1v) is 7.90. The van der Waals surface area contributed by atoms with Crippen molar-refractivity contribution in [2.75, 3.05) is 0 Å². The molecule has 0 radical (unpaired) electrons. The van der Waals surface area contributed by atoms with Crippen LogP contribution in [0.2, 0.25) is 5.02 Å². The lowest BCUT2D eigenvalue weighted by Gasteiger charge is -2.06. The van der Waals surface area contributed by atoms with E-state index in [1.54, 1.807) is 0 Å². The van der Waals surface area contributed by atoms with Crippen LogP contribution in [0, 0.1) is 0 Å². The molecule has 0 aliphatic carbocycles. The Morgan fingerprint density at radius 3 is 2.67 bits per heavy atom. The fourth-order valence-electron chi connectivity index (χ4n) is 1.71. The van der Waals surface area contributed by atoms with E-state index < -0.39 is 0 Å². The van der Waals surface area contributed by atoms with Crippen LogP contribution in [0.3, 0.4) is 0 Å². The van der Waals surface area contributed by atoms with Crippen molar-refractivity contribution in [1.29, 1.82) is 0 Å². The van der Waals surface area contributed by atoms with E-state index in [4.69, 9.17) is 11.6 Å². The van der Waals surface area contributed by atoms with Crippen LogP contribution in [0.25, 0.3) is 0 Å². The van der Waals surface area contributed by atoms with Gasteiger partial charge < -0.3 is 5.32 Å². The monoisotopic (exact) mass is 343 g/mol. The summed E-state index contributed by atoms with van der Waals surface area (Å²) < 4.78 is 1.06. The number of hydrogen-bond donors (Lipinski definition) is 1. The van der Waals surface area contributed by atoms with Gasteiger partial charge in [-0.25, -0.2) is 0 Å². The average molecular weight is 345 g/mol. The summed E-state index contributed by atoms with van der Waals surface area (Å²) in [5.74, 6) is 0. The zero-order chi connectivity index (χ0) is 13.0. The van der Waals surface area contributed by atoms with Crippen LogP contribution in [0.5, 0.6) is 0 Å². The third-order valence-corrected chi connectivity index (χ3v) is 4.78. The van der Waals surface area contributed by atoms with Crippen molar-refractivity contribution >= 4 is 38.9 Å². The maximum absolute atomic E-state index is 6.15. The maximum atomic E-state index is 6.15. The van der Waals surface area contributed by atoms with Crippen LogP contribution in [-0.2, 0) is 19.5 Å². The average Bonchev–Trinajstić information content (AvgIpc) is 2.81. The first-order valence-electron chi connectivity index (χ1n) is 5.91. The third kappa shape index (κ3) is 3.82. The zero-order valence-corrected chi connectivity index (χ0v) is 13.3. The van der Waals surface area contributed by atoms with E-state index in [0.717, 1.165) is 34.6 Å². The molecule has 0 aliphatic rings. The molecule has 1 aromatic carbocycles. The smallest absolute Gasteiger partial charge is 0.0451 e. The Hall–Kier alpha value is -0.350. The van der Waals surface area contributed by atoms with Gasteiger partial charge in [0.1, 0.15) is 0 Å². The van der Waals surface area contributed by atoms with Crippen LogP contribution in [0.15, 0.2) is 34.8 Å². The van der Waals surface area contributed by atoms with Crippen molar-refractivity contribution < 1.29 is 0 Å². The number of benzene rings is 1. The molecule has 0 saturated carbocycles. The highest BCUT2D eigenvalue weighted by Gasteiger charge is 2.02. The molecule has 1 aromatic heterocycles. The van der Waals surface area contributed by atoms with Crippen molar-refractivity contribution in [2.24, 2.45) is 0 Å². The van der Waals surface area contributed by atoms with Gasteiger partial charge in [0.25, 0.3) is 0 Å². The van der Waals surface area contributed by atoms with E-state index in [1.807, 2.05) is 23.5 Å². The summed E-state index contributed by atoms with van der Waals surface area (Å²) in [5.41, 5.74) is 1.12. The second-order valence-electron chi connectivity index (χ2n) is 4.06. The van der Waals surface area contributed by atoms with Gasteiger partial charge in [-0.2, -0.15) is 0 Å². The van der Waals surface area contributed by atoms with E-state index in [-0.39, 0.29) is 0 Å². The standard InChI is InChI=1S/C14H15BrClNS/c1-2-12-4-5-13(18-12)9-17-8-10-7-11(15)3-6-14(10)16/h3-7,17H,2,8-9H2,1H3. The molecule has 1 nitrogen and oxygen atoms in total. The summed E-state index contributed by atoms with van der Waals surface area (Å²) in [7, 11) is 0. The van der Waals surface area contributed by atoms with Crippen molar-refractivity contribution in [3.05, 3.63) is 55.1 Å². The molecule has 0 unspecified atom stereocenters. The van der Waals surface area contributed by atoms with Crippen molar-refractivity contribution in [1.82, 2.24) is 5.32 Å². The van der Waals surface area contributed by atoms with E-state index in [2.05, 4.69) is 46.4 Å². The van der Waals surface area contributed by atoms with Crippen LogP contribution < -0.4 is 5.32 Å². The summed E-state index contributed by atoms with van der Waals surface area (Å²) in [6.07, 6.45) is 1.11. The molecular formula is C14H15BrClNS. The quantitative estimate of drug-likeness (QED) is 0.803. The Bertz CT molecular complexity index is 524. The highest BCUT2D eigenvalue weighted by molar-refractivity contribution is 9.10. The molecule has 0 amide bonds. The lowest BCUT2D eigenvalue weighted by atomic mass is 10.2. The molecule has 0 spiro atoms. The molecule has 18 heavy (non-hydrogen) atoms. The van der Waals surface area contributed by atoms with Gasteiger partial charge in [0.05, 0.1) is 0 Å². The molecule has 0 saturated heterocycles. The summed E-state index contributed by atoms with van der Waals surface area (Å²) in [5, 5.41) is 4.24. The number of aryl methyl sites for hydroxylation is 1. The molecule has 0 bridgehead atoms. The van der Waals surface area contributed by atoms with E-state index in [1.165, 1.54) is 9.75 Å². The Balaban J connectivity index is 1.90. The van der Waals surface area contributed by atoms with Gasteiger partial charge in [-0.05, 0) is 42.3 Å². The Morgan fingerprint density at radius 1 is 1.17 bits per heavy atom.